The number of aromatic nitrogens is 1. The second-order valence-electron chi connectivity index (χ2n) is 4.45. The third-order valence-corrected chi connectivity index (χ3v) is 3.12. The molecule has 0 radical (unpaired) electrons. The molecule has 19 heavy (non-hydrogen) atoms. The van der Waals surface area contributed by atoms with Crippen LogP contribution in [-0.2, 0) is 0 Å². The van der Waals surface area contributed by atoms with E-state index in [9.17, 15) is 4.79 Å². The molecule has 6 heteroatoms. The Labute approximate surface area is 110 Å². The predicted octanol–water partition coefficient (Wildman–Crippen LogP) is 1.37. The molecule has 0 aliphatic carbocycles. The SMILES string of the molecule is O=C(c1cc(-c2ccco2)on1)N1CCCNCC1. The summed E-state index contributed by atoms with van der Waals surface area (Å²) >= 11 is 0. The van der Waals surface area contributed by atoms with E-state index in [-0.39, 0.29) is 5.91 Å². The van der Waals surface area contributed by atoms with Crippen LogP contribution in [0, 0.1) is 0 Å². The van der Waals surface area contributed by atoms with Gasteiger partial charge in [-0.1, -0.05) is 5.16 Å². The molecule has 1 aliphatic rings. The van der Waals surface area contributed by atoms with Crippen molar-refractivity contribution in [3.63, 3.8) is 0 Å². The number of rotatable bonds is 2. The minimum atomic E-state index is -0.0924. The second-order valence-corrected chi connectivity index (χ2v) is 4.45. The Morgan fingerprint density at radius 2 is 2.26 bits per heavy atom. The molecule has 0 bridgehead atoms. The number of carbonyl (C=O) groups excluding carboxylic acids is 1. The lowest BCUT2D eigenvalue weighted by molar-refractivity contribution is 0.0756. The highest BCUT2D eigenvalue weighted by Crippen LogP contribution is 2.21. The van der Waals surface area contributed by atoms with Gasteiger partial charge in [-0.2, -0.15) is 0 Å². The number of nitrogens with one attached hydrogen (secondary N) is 1. The van der Waals surface area contributed by atoms with Crippen LogP contribution in [0.25, 0.3) is 11.5 Å². The Morgan fingerprint density at radius 1 is 1.32 bits per heavy atom. The maximum Gasteiger partial charge on any atom is 0.276 e. The van der Waals surface area contributed by atoms with Crippen LogP contribution in [0.5, 0.6) is 0 Å². The molecule has 2 aromatic heterocycles. The Morgan fingerprint density at radius 3 is 3.11 bits per heavy atom. The number of amides is 1. The molecular formula is C13H15N3O3. The Bertz CT molecular complexity index is 539. The molecule has 100 valence electrons. The average Bonchev–Trinajstić information content (AvgIpc) is 3.04. The maximum atomic E-state index is 12.3. The van der Waals surface area contributed by atoms with Crippen LogP contribution in [0.2, 0.25) is 0 Å². The minimum Gasteiger partial charge on any atom is -0.461 e. The molecule has 1 amide bonds. The smallest absolute Gasteiger partial charge is 0.276 e. The van der Waals surface area contributed by atoms with Crippen molar-refractivity contribution < 1.29 is 13.7 Å². The quantitative estimate of drug-likeness (QED) is 0.884. The first-order valence-electron chi connectivity index (χ1n) is 6.35. The van der Waals surface area contributed by atoms with Gasteiger partial charge in [0.2, 0.25) is 5.76 Å². The summed E-state index contributed by atoms with van der Waals surface area (Å²) in [5, 5.41) is 7.09. The van der Waals surface area contributed by atoms with Crippen molar-refractivity contribution in [1.82, 2.24) is 15.4 Å². The van der Waals surface area contributed by atoms with Gasteiger partial charge in [0.05, 0.1) is 6.26 Å². The second kappa shape index (κ2) is 5.27. The molecule has 2 aromatic rings. The van der Waals surface area contributed by atoms with Gasteiger partial charge in [-0.05, 0) is 25.1 Å². The molecule has 1 fully saturated rings. The Kier molecular flexibility index (Phi) is 3.33. The van der Waals surface area contributed by atoms with Gasteiger partial charge in [-0.25, -0.2) is 0 Å². The monoisotopic (exact) mass is 261 g/mol. The fourth-order valence-corrected chi connectivity index (χ4v) is 2.12. The largest absolute Gasteiger partial charge is 0.461 e. The van der Waals surface area contributed by atoms with Crippen LogP contribution >= 0.6 is 0 Å². The summed E-state index contributed by atoms with van der Waals surface area (Å²) in [4.78, 5) is 14.1. The summed E-state index contributed by atoms with van der Waals surface area (Å²) in [6, 6.07) is 5.16. The van der Waals surface area contributed by atoms with Crippen LogP contribution in [-0.4, -0.2) is 42.1 Å². The lowest BCUT2D eigenvalue weighted by atomic mass is 10.3. The summed E-state index contributed by atoms with van der Waals surface area (Å²) in [5.74, 6) is 0.954. The van der Waals surface area contributed by atoms with Crippen molar-refractivity contribution in [2.45, 2.75) is 6.42 Å². The van der Waals surface area contributed by atoms with Crippen LogP contribution < -0.4 is 5.32 Å². The highest BCUT2D eigenvalue weighted by atomic mass is 16.5. The lowest BCUT2D eigenvalue weighted by Crippen LogP contribution is -2.34. The summed E-state index contributed by atoms with van der Waals surface area (Å²) in [6.07, 6.45) is 2.51. The van der Waals surface area contributed by atoms with Crippen molar-refractivity contribution in [3.8, 4) is 11.5 Å². The average molecular weight is 261 g/mol. The molecule has 3 heterocycles. The maximum absolute atomic E-state index is 12.3. The first-order chi connectivity index (χ1) is 9.34. The molecule has 0 aromatic carbocycles. The van der Waals surface area contributed by atoms with E-state index in [1.807, 2.05) is 0 Å². The Balaban J connectivity index is 1.76. The molecule has 0 saturated carbocycles. The van der Waals surface area contributed by atoms with E-state index in [4.69, 9.17) is 8.94 Å². The third kappa shape index (κ3) is 2.53. The van der Waals surface area contributed by atoms with Gasteiger partial charge in [0.25, 0.3) is 5.91 Å². The van der Waals surface area contributed by atoms with Crippen LogP contribution in [0.1, 0.15) is 16.9 Å². The highest BCUT2D eigenvalue weighted by molar-refractivity contribution is 5.93. The molecule has 1 saturated heterocycles. The van der Waals surface area contributed by atoms with Crippen molar-refractivity contribution in [2.24, 2.45) is 0 Å². The van der Waals surface area contributed by atoms with Gasteiger partial charge < -0.3 is 19.2 Å². The standard InChI is InChI=1S/C13H15N3O3/c17-13(16-6-2-4-14-5-7-16)10-9-12(19-15-10)11-3-1-8-18-11/h1,3,8-9,14H,2,4-7H2. The lowest BCUT2D eigenvalue weighted by Gasteiger charge is -2.17. The summed E-state index contributed by atoms with van der Waals surface area (Å²) in [7, 11) is 0. The van der Waals surface area contributed by atoms with Crippen molar-refractivity contribution in [2.75, 3.05) is 26.2 Å². The molecule has 6 nitrogen and oxygen atoms in total. The zero-order valence-electron chi connectivity index (χ0n) is 10.5. The van der Waals surface area contributed by atoms with Gasteiger partial charge >= 0.3 is 0 Å². The Hall–Kier alpha value is -2.08. The third-order valence-electron chi connectivity index (χ3n) is 3.12. The van der Waals surface area contributed by atoms with Gasteiger partial charge in [-0.3, -0.25) is 4.79 Å². The minimum absolute atomic E-state index is 0.0924. The highest BCUT2D eigenvalue weighted by Gasteiger charge is 2.21. The molecule has 0 unspecified atom stereocenters. The molecule has 1 aliphatic heterocycles. The number of hydrogen-bond donors (Lipinski definition) is 1. The van der Waals surface area contributed by atoms with Gasteiger partial charge in [0.15, 0.2) is 11.5 Å². The van der Waals surface area contributed by atoms with E-state index in [0.29, 0.717) is 23.8 Å². The van der Waals surface area contributed by atoms with Crippen molar-refractivity contribution in [3.05, 3.63) is 30.2 Å². The fraction of sp³-hybridized carbons (Fsp3) is 0.385. The van der Waals surface area contributed by atoms with E-state index in [0.717, 1.165) is 26.1 Å². The molecule has 0 atom stereocenters. The first kappa shape index (κ1) is 12.0. The molecule has 0 spiro atoms. The predicted molar refractivity (Wildman–Crippen MR) is 67.6 cm³/mol. The van der Waals surface area contributed by atoms with Gasteiger partial charge in [-0.15, -0.1) is 0 Å². The van der Waals surface area contributed by atoms with E-state index < -0.39 is 0 Å². The number of hydrogen-bond acceptors (Lipinski definition) is 5. The molecule has 1 N–H and O–H groups in total. The number of nitrogens with zero attached hydrogens (tertiary/aromatic N) is 2. The molecular weight excluding hydrogens is 246 g/mol. The number of furan rings is 1. The summed E-state index contributed by atoms with van der Waals surface area (Å²) in [5.41, 5.74) is 0.327. The van der Waals surface area contributed by atoms with E-state index in [2.05, 4.69) is 10.5 Å². The zero-order valence-corrected chi connectivity index (χ0v) is 10.5. The van der Waals surface area contributed by atoms with Gasteiger partial charge in [0, 0.05) is 25.7 Å². The summed E-state index contributed by atoms with van der Waals surface area (Å²) in [6.45, 7) is 3.20. The van der Waals surface area contributed by atoms with Crippen LogP contribution in [0.15, 0.2) is 33.4 Å². The fourth-order valence-electron chi connectivity index (χ4n) is 2.12. The number of carbonyl (C=O) groups is 1. The van der Waals surface area contributed by atoms with Crippen molar-refractivity contribution in [1.29, 1.82) is 0 Å². The van der Waals surface area contributed by atoms with Crippen LogP contribution in [0.4, 0.5) is 0 Å². The van der Waals surface area contributed by atoms with Crippen LogP contribution in [0.3, 0.4) is 0 Å². The van der Waals surface area contributed by atoms with E-state index in [1.165, 1.54) is 0 Å². The topological polar surface area (TPSA) is 71.5 Å². The van der Waals surface area contributed by atoms with Gasteiger partial charge in [0.1, 0.15) is 0 Å². The van der Waals surface area contributed by atoms with E-state index >= 15 is 0 Å². The van der Waals surface area contributed by atoms with E-state index in [1.54, 1.807) is 29.4 Å². The summed E-state index contributed by atoms with van der Waals surface area (Å²) < 4.78 is 10.4. The molecule has 3 rings (SSSR count). The normalized spacial score (nSPS) is 16.3. The van der Waals surface area contributed by atoms with Crippen molar-refractivity contribution >= 4 is 5.91 Å². The first-order valence-corrected chi connectivity index (χ1v) is 6.35. The zero-order chi connectivity index (χ0) is 13.1.